The summed E-state index contributed by atoms with van der Waals surface area (Å²) in [5.74, 6) is 0.474. The van der Waals surface area contributed by atoms with Gasteiger partial charge in [-0.2, -0.15) is 0 Å². The van der Waals surface area contributed by atoms with Crippen molar-refractivity contribution in [2.24, 2.45) is 17.6 Å². The van der Waals surface area contributed by atoms with Gasteiger partial charge in [-0.15, -0.1) is 0 Å². The zero-order valence-electron chi connectivity index (χ0n) is 12.6. The highest BCUT2D eigenvalue weighted by Gasteiger charge is 2.27. The number of fused-ring (bicyclic) bond motifs is 1. The van der Waals surface area contributed by atoms with Crippen molar-refractivity contribution in [1.29, 1.82) is 0 Å². The number of hydrogen-bond acceptors (Lipinski definition) is 3. The van der Waals surface area contributed by atoms with Gasteiger partial charge in [0.15, 0.2) is 0 Å². The second-order valence-electron chi connectivity index (χ2n) is 5.98. The van der Waals surface area contributed by atoms with Crippen LogP contribution in [0.4, 0.5) is 11.4 Å². The second-order valence-corrected chi connectivity index (χ2v) is 5.98. The molecule has 2 amide bonds. The van der Waals surface area contributed by atoms with Crippen LogP contribution in [-0.2, 0) is 9.59 Å². The molecule has 1 aromatic carbocycles. The lowest BCUT2D eigenvalue weighted by Gasteiger charge is -2.30. The summed E-state index contributed by atoms with van der Waals surface area (Å²) in [6.07, 6.45) is 1.31. The first kappa shape index (κ1) is 15.5. The molecule has 0 spiro atoms. The summed E-state index contributed by atoms with van der Waals surface area (Å²) < 4.78 is 0. The molecule has 2 rings (SSSR count). The monoisotopic (exact) mass is 289 g/mol. The lowest BCUT2D eigenvalue weighted by molar-refractivity contribution is -0.122. The molecular weight excluding hydrogens is 266 g/mol. The number of benzene rings is 1. The Bertz CT molecular complexity index is 528. The van der Waals surface area contributed by atoms with E-state index in [2.05, 4.69) is 19.2 Å². The Hall–Kier alpha value is -1.88. The van der Waals surface area contributed by atoms with Crippen molar-refractivity contribution in [2.45, 2.75) is 26.7 Å². The van der Waals surface area contributed by atoms with Crippen LogP contribution in [0.25, 0.3) is 0 Å². The molecule has 21 heavy (non-hydrogen) atoms. The minimum Gasteiger partial charge on any atom is -0.330 e. The maximum absolute atomic E-state index is 12.5. The van der Waals surface area contributed by atoms with Gasteiger partial charge in [-0.1, -0.05) is 26.0 Å². The van der Waals surface area contributed by atoms with E-state index in [0.717, 1.165) is 12.1 Å². The number of nitrogens with two attached hydrogens (primary N) is 1. The third-order valence-corrected chi connectivity index (χ3v) is 3.67. The van der Waals surface area contributed by atoms with Gasteiger partial charge in [0.05, 0.1) is 11.4 Å². The number of hydrogen-bond donors (Lipinski definition) is 2. The Labute approximate surface area is 125 Å². The molecule has 114 valence electrons. The molecule has 0 aliphatic carbocycles. The predicted octanol–water partition coefficient (Wildman–Crippen LogP) is 1.98. The highest BCUT2D eigenvalue weighted by Crippen LogP contribution is 2.30. The number of carbonyl (C=O) groups excluding carboxylic acids is 2. The van der Waals surface area contributed by atoms with Crippen LogP contribution in [0.3, 0.4) is 0 Å². The number of nitrogens with zero attached hydrogens (tertiary/aromatic N) is 1. The van der Waals surface area contributed by atoms with E-state index in [0.29, 0.717) is 24.6 Å². The van der Waals surface area contributed by atoms with E-state index in [1.54, 1.807) is 11.0 Å². The Morgan fingerprint density at radius 3 is 2.76 bits per heavy atom. The average Bonchev–Trinajstić information content (AvgIpc) is 2.44. The third kappa shape index (κ3) is 3.82. The van der Waals surface area contributed by atoms with Gasteiger partial charge >= 0.3 is 0 Å². The topological polar surface area (TPSA) is 75.4 Å². The second kappa shape index (κ2) is 6.72. The average molecular weight is 289 g/mol. The highest BCUT2D eigenvalue weighted by atomic mass is 16.2. The summed E-state index contributed by atoms with van der Waals surface area (Å²) >= 11 is 0. The number of rotatable bonds is 5. The Morgan fingerprint density at radius 1 is 1.38 bits per heavy atom. The van der Waals surface area contributed by atoms with Crippen LogP contribution >= 0.6 is 0 Å². The molecular formula is C16H23N3O2. The van der Waals surface area contributed by atoms with Crippen LogP contribution in [0.1, 0.15) is 26.7 Å². The molecule has 5 heteroatoms. The van der Waals surface area contributed by atoms with Crippen LogP contribution in [0.15, 0.2) is 24.3 Å². The number of carbonyl (C=O) groups is 2. The predicted molar refractivity (Wildman–Crippen MR) is 84.0 cm³/mol. The van der Waals surface area contributed by atoms with E-state index >= 15 is 0 Å². The summed E-state index contributed by atoms with van der Waals surface area (Å²) in [6, 6.07) is 7.37. The van der Waals surface area contributed by atoms with Crippen LogP contribution in [0.2, 0.25) is 0 Å². The van der Waals surface area contributed by atoms with Gasteiger partial charge in [0, 0.05) is 6.42 Å². The van der Waals surface area contributed by atoms with Crippen molar-refractivity contribution in [3.05, 3.63) is 24.3 Å². The van der Waals surface area contributed by atoms with Crippen LogP contribution in [-0.4, -0.2) is 24.9 Å². The molecule has 0 saturated carbocycles. The number of para-hydroxylation sites is 2. The van der Waals surface area contributed by atoms with Gasteiger partial charge in [-0.3, -0.25) is 9.59 Å². The van der Waals surface area contributed by atoms with E-state index in [4.69, 9.17) is 5.73 Å². The molecule has 0 fully saturated rings. The normalized spacial score (nSPS) is 15.6. The van der Waals surface area contributed by atoms with Crippen LogP contribution < -0.4 is 16.0 Å². The van der Waals surface area contributed by atoms with Gasteiger partial charge in [0.25, 0.3) is 0 Å². The summed E-state index contributed by atoms with van der Waals surface area (Å²) in [6.45, 7) is 4.81. The van der Waals surface area contributed by atoms with Crippen molar-refractivity contribution in [1.82, 2.24) is 0 Å². The summed E-state index contributed by atoms with van der Waals surface area (Å²) in [5, 5.41) is 2.79. The van der Waals surface area contributed by atoms with Crippen LogP contribution in [0.5, 0.6) is 0 Å². The molecule has 1 unspecified atom stereocenters. The standard InChI is InChI=1S/C16H23N3O2/c1-11(2)7-12(9-17)8-16(21)19-10-15(20)18-13-5-3-4-6-14(13)19/h3-6,11-12H,7-10,17H2,1-2H3,(H,18,20). The first-order valence-corrected chi connectivity index (χ1v) is 7.40. The van der Waals surface area contributed by atoms with Gasteiger partial charge in [-0.25, -0.2) is 0 Å². The summed E-state index contributed by atoms with van der Waals surface area (Å²) in [5.41, 5.74) is 7.23. The number of anilines is 2. The zero-order chi connectivity index (χ0) is 15.4. The first-order chi connectivity index (χ1) is 10.0. The van der Waals surface area contributed by atoms with Gasteiger partial charge in [-0.05, 0) is 36.9 Å². The Balaban J connectivity index is 2.14. The fourth-order valence-electron chi connectivity index (χ4n) is 2.74. The smallest absolute Gasteiger partial charge is 0.244 e. The SMILES string of the molecule is CC(C)CC(CN)CC(=O)N1CC(=O)Nc2ccccc21. The molecule has 5 nitrogen and oxygen atoms in total. The number of nitrogens with one attached hydrogen (secondary N) is 1. The first-order valence-electron chi connectivity index (χ1n) is 7.40. The molecule has 0 bridgehead atoms. The van der Waals surface area contributed by atoms with Crippen molar-refractivity contribution < 1.29 is 9.59 Å². The van der Waals surface area contributed by atoms with Crippen molar-refractivity contribution >= 4 is 23.2 Å². The Kier molecular flexibility index (Phi) is 4.96. The molecule has 3 N–H and O–H groups in total. The van der Waals surface area contributed by atoms with Gasteiger partial charge in [0.2, 0.25) is 11.8 Å². The highest BCUT2D eigenvalue weighted by molar-refractivity contribution is 6.09. The largest absolute Gasteiger partial charge is 0.330 e. The molecule has 0 aromatic heterocycles. The maximum atomic E-state index is 12.5. The minimum absolute atomic E-state index is 0.0339. The van der Waals surface area contributed by atoms with Crippen molar-refractivity contribution in [3.8, 4) is 0 Å². The summed E-state index contributed by atoms with van der Waals surface area (Å²) in [4.78, 5) is 25.9. The van der Waals surface area contributed by atoms with Crippen LogP contribution in [0, 0.1) is 11.8 Å². The van der Waals surface area contributed by atoms with Gasteiger partial charge < -0.3 is 16.0 Å². The van der Waals surface area contributed by atoms with E-state index < -0.39 is 0 Å². The molecule has 1 atom stereocenters. The fraction of sp³-hybridized carbons (Fsp3) is 0.500. The zero-order valence-corrected chi connectivity index (χ0v) is 12.6. The third-order valence-electron chi connectivity index (χ3n) is 3.67. The van der Waals surface area contributed by atoms with E-state index in [1.807, 2.05) is 18.2 Å². The van der Waals surface area contributed by atoms with Crippen molar-refractivity contribution in [3.63, 3.8) is 0 Å². The molecule has 1 aliphatic rings. The minimum atomic E-state index is -0.157. The maximum Gasteiger partial charge on any atom is 0.244 e. The molecule has 0 saturated heterocycles. The fourth-order valence-corrected chi connectivity index (χ4v) is 2.74. The quantitative estimate of drug-likeness (QED) is 0.870. The van der Waals surface area contributed by atoms with E-state index in [1.165, 1.54) is 0 Å². The van der Waals surface area contributed by atoms with E-state index in [9.17, 15) is 9.59 Å². The lowest BCUT2D eigenvalue weighted by Crippen LogP contribution is -2.43. The number of amides is 2. The molecule has 1 aromatic rings. The molecule has 1 aliphatic heterocycles. The Morgan fingerprint density at radius 2 is 2.10 bits per heavy atom. The van der Waals surface area contributed by atoms with E-state index in [-0.39, 0.29) is 24.3 Å². The molecule has 1 heterocycles. The lowest BCUT2D eigenvalue weighted by atomic mass is 9.93. The van der Waals surface area contributed by atoms with Gasteiger partial charge in [0.1, 0.15) is 6.54 Å². The summed E-state index contributed by atoms with van der Waals surface area (Å²) in [7, 11) is 0. The van der Waals surface area contributed by atoms with Crippen molar-refractivity contribution in [2.75, 3.05) is 23.3 Å². The molecule has 0 radical (unpaired) electrons.